The zero-order chi connectivity index (χ0) is 13.5. The zero-order valence-corrected chi connectivity index (χ0v) is 10.6. The van der Waals surface area contributed by atoms with Gasteiger partial charge in [0.2, 0.25) is 0 Å². The number of hydrogen-bond donors (Lipinski definition) is 1. The second-order valence-corrected chi connectivity index (χ2v) is 4.39. The number of aryl methyl sites for hydroxylation is 1. The number of hydrogen-bond acceptors (Lipinski definition) is 3. The number of ether oxygens (including phenoxy) is 1. The van der Waals surface area contributed by atoms with Gasteiger partial charge in [0, 0.05) is 6.54 Å². The number of benzene rings is 1. The molecule has 1 aromatic carbocycles. The van der Waals surface area contributed by atoms with Crippen LogP contribution in [-0.2, 0) is 0 Å². The maximum absolute atomic E-state index is 12.1. The Hall–Kier alpha value is -1.20. The van der Waals surface area contributed by atoms with Gasteiger partial charge in [-0.1, -0.05) is 17.7 Å². The van der Waals surface area contributed by atoms with Gasteiger partial charge in [-0.05, 0) is 26.1 Å². The molecule has 1 N–H and O–H groups in total. The van der Waals surface area contributed by atoms with Crippen LogP contribution in [0.5, 0.6) is 5.75 Å². The highest BCUT2D eigenvalue weighted by atomic mass is 19.3. The fourth-order valence-corrected chi connectivity index (χ4v) is 1.55. The highest BCUT2D eigenvalue weighted by molar-refractivity contribution is 5.26. The van der Waals surface area contributed by atoms with E-state index in [0.29, 0.717) is 5.75 Å². The summed E-state index contributed by atoms with van der Waals surface area (Å²) in [6.07, 6.45) is -3.17. The first-order chi connectivity index (χ1) is 8.47. The molecule has 3 nitrogen and oxygen atoms in total. The molecule has 0 heterocycles. The Bertz CT molecular complexity index is 343. The fraction of sp³-hybridized carbons (Fsp3) is 0.538. The molecule has 0 spiro atoms. The largest absolute Gasteiger partial charge is 0.491 e. The van der Waals surface area contributed by atoms with Gasteiger partial charge in [0.25, 0.3) is 6.43 Å². The molecule has 1 atom stereocenters. The number of aliphatic hydroxyl groups is 1. The lowest BCUT2D eigenvalue weighted by atomic mass is 10.2. The topological polar surface area (TPSA) is 32.7 Å². The van der Waals surface area contributed by atoms with E-state index in [9.17, 15) is 13.9 Å². The third-order valence-corrected chi connectivity index (χ3v) is 2.44. The predicted octanol–water partition coefficient (Wildman–Crippen LogP) is 1.93. The monoisotopic (exact) mass is 259 g/mol. The zero-order valence-electron chi connectivity index (χ0n) is 10.6. The quantitative estimate of drug-likeness (QED) is 0.812. The minimum absolute atomic E-state index is 0.0939. The first-order valence-corrected chi connectivity index (χ1v) is 5.81. The van der Waals surface area contributed by atoms with Crippen molar-refractivity contribution in [3.05, 3.63) is 29.8 Å². The molecule has 0 saturated carbocycles. The summed E-state index contributed by atoms with van der Waals surface area (Å²) in [5, 5.41) is 9.64. The van der Waals surface area contributed by atoms with Crippen molar-refractivity contribution in [3.63, 3.8) is 0 Å². The van der Waals surface area contributed by atoms with Crippen LogP contribution in [0, 0.1) is 6.92 Å². The van der Waals surface area contributed by atoms with Gasteiger partial charge in [0.05, 0.1) is 6.54 Å². The molecule has 5 heteroatoms. The van der Waals surface area contributed by atoms with E-state index < -0.39 is 12.5 Å². The Kier molecular flexibility index (Phi) is 6.01. The maximum Gasteiger partial charge on any atom is 0.251 e. The Morgan fingerprint density at radius 2 is 1.83 bits per heavy atom. The van der Waals surface area contributed by atoms with Crippen LogP contribution in [0.4, 0.5) is 8.78 Å². The summed E-state index contributed by atoms with van der Waals surface area (Å²) in [7, 11) is 1.54. The number of likely N-dealkylation sites (N-methyl/N-ethyl adjacent to an activating group) is 1. The summed E-state index contributed by atoms with van der Waals surface area (Å²) in [5.41, 5.74) is 1.12. The molecule has 1 rings (SSSR count). The van der Waals surface area contributed by atoms with E-state index in [1.54, 1.807) is 7.05 Å². The maximum atomic E-state index is 12.1. The van der Waals surface area contributed by atoms with Crippen molar-refractivity contribution < 1.29 is 18.6 Å². The third kappa shape index (κ3) is 5.93. The molecule has 0 radical (unpaired) electrons. The summed E-state index contributed by atoms with van der Waals surface area (Å²) in [6.45, 7) is 1.88. The van der Waals surface area contributed by atoms with Crippen molar-refractivity contribution in [2.24, 2.45) is 0 Å². The van der Waals surface area contributed by atoms with Crippen molar-refractivity contribution in [1.82, 2.24) is 4.90 Å². The number of rotatable bonds is 7. The molecule has 1 aromatic rings. The average molecular weight is 259 g/mol. The Labute approximate surface area is 106 Å². The van der Waals surface area contributed by atoms with Gasteiger partial charge in [-0.25, -0.2) is 8.78 Å². The second kappa shape index (κ2) is 7.28. The molecular weight excluding hydrogens is 240 g/mol. The summed E-state index contributed by atoms with van der Waals surface area (Å²) in [5.74, 6) is 0.663. The molecule has 0 bridgehead atoms. The minimum atomic E-state index is -2.39. The molecule has 1 unspecified atom stereocenters. The molecule has 18 heavy (non-hydrogen) atoms. The van der Waals surface area contributed by atoms with E-state index in [4.69, 9.17) is 4.74 Å². The number of nitrogens with zero attached hydrogens (tertiary/aromatic N) is 1. The highest BCUT2D eigenvalue weighted by Crippen LogP contribution is 2.11. The first kappa shape index (κ1) is 14.9. The lowest BCUT2D eigenvalue weighted by molar-refractivity contribution is 0.0473. The average Bonchev–Trinajstić information content (AvgIpc) is 2.27. The van der Waals surface area contributed by atoms with Crippen LogP contribution in [0.3, 0.4) is 0 Å². The second-order valence-electron chi connectivity index (χ2n) is 4.39. The molecule has 0 aliphatic rings. The number of aliphatic hydroxyl groups excluding tert-OH is 1. The van der Waals surface area contributed by atoms with Gasteiger partial charge < -0.3 is 9.84 Å². The fourth-order valence-electron chi connectivity index (χ4n) is 1.55. The number of alkyl halides is 2. The van der Waals surface area contributed by atoms with E-state index in [1.165, 1.54) is 4.90 Å². The summed E-state index contributed by atoms with van der Waals surface area (Å²) in [4.78, 5) is 1.38. The van der Waals surface area contributed by atoms with Gasteiger partial charge >= 0.3 is 0 Å². The van der Waals surface area contributed by atoms with E-state index >= 15 is 0 Å². The molecular formula is C13H19F2NO2. The van der Waals surface area contributed by atoms with Crippen LogP contribution < -0.4 is 4.74 Å². The van der Waals surface area contributed by atoms with Gasteiger partial charge in [0.15, 0.2) is 0 Å². The molecule has 0 aromatic heterocycles. The lowest BCUT2D eigenvalue weighted by Gasteiger charge is -2.20. The van der Waals surface area contributed by atoms with Crippen LogP contribution in [0.15, 0.2) is 24.3 Å². The van der Waals surface area contributed by atoms with Crippen molar-refractivity contribution in [1.29, 1.82) is 0 Å². The molecule has 102 valence electrons. The highest BCUT2D eigenvalue weighted by Gasteiger charge is 2.12. The Balaban J connectivity index is 2.28. The Morgan fingerprint density at radius 1 is 1.22 bits per heavy atom. The van der Waals surface area contributed by atoms with Gasteiger partial charge in [-0.2, -0.15) is 0 Å². The van der Waals surface area contributed by atoms with Gasteiger partial charge in [0.1, 0.15) is 18.5 Å². The lowest BCUT2D eigenvalue weighted by Crippen LogP contribution is -2.35. The van der Waals surface area contributed by atoms with Crippen molar-refractivity contribution in [3.8, 4) is 5.75 Å². The normalized spacial score (nSPS) is 13.1. The molecule has 0 amide bonds. The van der Waals surface area contributed by atoms with Gasteiger partial charge in [-0.3, -0.25) is 4.90 Å². The van der Waals surface area contributed by atoms with Crippen molar-refractivity contribution in [2.75, 3.05) is 26.7 Å². The van der Waals surface area contributed by atoms with Crippen LogP contribution in [-0.4, -0.2) is 49.3 Å². The number of halogens is 2. The molecule has 0 aliphatic carbocycles. The molecule has 0 saturated heterocycles. The first-order valence-electron chi connectivity index (χ1n) is 5.81. The Morgan fingerprint density at radius 3 is 2.39 bits per heavy atom. The summed E-state index contributed by atoms with van der Waals surface area (Å²) >= 11 is 0. The van der Waals surface area contributed by atoms with Crippen LogP contribution >= 0.6 is 0 Å². The van der Waals surface area contributed by atoms with Gasteiger partial charge in [-0.15, -0.1) is 0 Å². The SMILES string of the molecule is Cc1ccc(OCC(O)CN(C)CC(F)F)cc1. The van der Waals surface area contributed by atoms with Crippen LogP contribution in [0.2, 0.25) is 0 Å². The minimum Gasteiger partial charge on any atom is -0.491 e. The molecule has 0 aliphatic heterocycles. The van der Waals surface area contributed by atoms with E-state index in [0.717, 1.165) is 5.56 Å². The standard InChI is InChI=1S/C13H19F2NO2/c1-10-3-5-12(6-4-10)18-9-11(17)7-16(2)8-13(14)15/h3-6,11,13,17H,7-9H2,1-2H3. The smallest absolute Gasteiger partial charge is 0.251 e. The van der Waals surface area contributed by atoms with E-state index in [1.807, 2.05) is 31.2 Å². The molecule has 0 fully saturated rings. The third-order valence-electron chi connectivity index (χ3n) is 2.44. The van der Waals surface area contributed by atoms with Crippen LogP contribution in [0.1, 0.15) is 5.56 Å². The van der Waals surface area contributed by atoms with Crippen molar-refractivity contribution in [2.45, 2.75) is 19.5 Å². The summed E-state index contributed by atoms with van der Waals surface area (Å²) < 4.78 is 29.5. The summed E-state index contributed by atoms with van der Waals surface area (Å²) in [6, 6.07) is 7.44. The predicted molar refractivity (Wildman–Crippen MR) is 66.2 cm³/mol. The van der Waals surface area contributed by atoms with E-state index in [-0.39, 0.29) is 19.7 Å². The van der Waals surface area contributed by atoms with Crippen LogP contribution in [0.25, 0.3) is 0 Å². The van der Waals surface area contributed by atoms with Crippen molar-refractivity contribution >= 4 is 0 Å². The van der Waals surface area contributed by atoms with E-state index in [2.05, 4.69) is 0 Å².